The highest BCUT2D eigenvalue weighted by atomic mass is 28.4. The smallest absolute Gasteiger partial charge is 0.344 e. The van der Waals surface area contributed by atoms with E-state index in [2.05, 4.69) is 34.6 Å². The molecule has 2 nitrogen and oxygen atoms in total. The van der Waals surface area contributed by atoms with Crippen LogP contribution in [0.15, 0.2) is 0 Å². The monoisotopic (exact) mass is 340 g/mol. The molecule has 0 N–H and O–H groups in total. The average Bonchev–Trinajstić information content (AvgIpc) is 2.83. The predicted octanol–water partition coefficient (Wildman–Crippen LogP) is 6.44. The van der Waals surface area contributed by atoms with Crippen molar-refractivity contribution in [2.45, 2.75) is 103 Å². The van der Waals surface area contributed by atoms with Gasteiger partial charge in [0.25, 0.3) is 0 Å². The van der Waals surface area contributed by atoms with E-state index in [1.165, 1.54) is 44.9 Å². The summed E-state index contributed by atoms with van der Waals surface area (Å²) in [6.07, 6.45) is 11.8. The molecule has 2 aliphatic carbocycles. The van der Waals surface area contributed by atoms with Crippen molar-refractivity contribution in [3.63, 3.8) is 0 Å². The zero-order valence-corrected chi connectivity index (χ0v) is 17.3. The standard InChI is InChI=1S/C20H40O2Si/c1-6-15-21-23(22-16-7-2,18-11-9-8-10-12-18)19-13-14-20(4,5)17(19)3/h17-19H,6-16H2,1-5H3. The minimum atomic E-state index is -2.16. The molecule has 0 aromatic heterocycles. The van der Waals surface area contributed by atoms with Crippen LogP contribution >= 0.6 is 0 Å². The van der Waals surface area contributed by atoms with Crippen LogP contribution in [0, 0.1) is 11.3 Å². The Balaban J connectivity index is 2.29. The molecule has 2 rings (SSSR count). The summed E-state index contributed by atoms with van der Waals surface area (Å²) < 4.78 is 13.6. The second-order valence-electron chi connectivity index (χ2n) is 8.68. The Bertz CT molecular complexity index is 342. The summed E-state index contributed by atoms with van der Waals surface area (Å²) in [7, 11) is -2.16. The molecule has 0 aromatic carbocycles. The van der Waals surface area contributed by atoms with Gasteiger partial charge in [-0.2, -0.15) is 0 Å². The SMILES string of the molecule is CCCO[Si](OCCC)(C1CCCCC1)C1CCC(C)(C)C1C. The van der Waals surface area contributed by atoms with Crippen LogP contribution < -0.4 is 0 Å². The van der Waals surface area contributed by atoms with Crippen LogP contribution in [-0.4, -0.2) is 21.8 Å². The third-order valence-electron chi connectivity index (χ3n) is 6.69. The first-order valence-electron chi connectivity index (χ1n) is 10.3. The molecule has 0 bridgehead atoms. The molecular weight excluding hydrogens is 300 g/mol. The van der Waals surface area contributed by atoms with Crippen molar-refractivity contribution in [1.29, 1.82) is 0 Å². The van der Waals surface area contributed by atoms with Crippen LogP contribution in [0.4, 0.5) is 0 Å². The summed E-state index contributed by atoms with van der Waals surface area (Å²) >= 11 is 0. The Morgan fingerprint density at radius 3 is 1.91 bits per heavy atom. The lowest BCUT2D eigenvalue weighted by Gasteiger charge is -2.45. The maximum absolute atomic E-state index is 6.78. The topological polar surface area (TPSA) is 18.5 Å². The molecule has 0 aromatic rings. The largest absolute Gasteiger partial charge is 0.394 e. The van der Waals surface area contributed by atoms with Gasteiger partial charge in [-0.15, -0.1) is 0 Å². The first-order chi connectivity index (χ1) is 11.0. The highest BCUT2D eigenvalue weighted by molar-refractivity contribution is 6.70. The molecule has 0 spiro atoms. The van der Waals surface area contributed by atoms with Crippen molar-refractivity contribution < 1.29 is 8.85 Å². The zero-order valence-electron chi connectivity index (χ0n) is 16.3. The Morgan fingerprint density at radius 1 is 0.913 bits per heavy atom. The Hall–Kier alpha value is 0.137. The normalized spacial score (nSPS) is 29.1. The summed E-state index contributed by atoms with van der Waals surface area (Å²) in [4.78, 5) is 0. The van der Waals surface area contributed by atoms with Crippen molar-refractivity contribution in [1.82, 2.24) is 0 Å². The van der Waals surface area contributed by atoms with Crippen molar-refractivity contribution in [3.05, 3.63) is 0 Å². The van der Waals surface area contributed by atoms with Gasteiger partial charge in [-0.05, 0) is 49.9 Å². The Labute approximate surface area is 146 Å². The van der Waals surface area contributed by atoms with E-state index in [-0.39, 0.29) is 0 Å². The lowest BCUT2D eigenvalue weighted by molar-refractivity contribution is 0.129. The molecule has 2 aliphatic rings. The molecule has 0 heterocycles. The van der Waals surface area contributed by atoms with Crippen molar-refractivity contribution in [3.8, 4) is 0 Å². The van der Waals surface area contributed by atoms with E-state index in [4.69, 9.17) is 8.85 Å². The van der Waals surface area contributed by atoms with Crippen molar-refractivity contribution >= 4 is 8.56 Å². The van der Waals surface area contributed by atoms with Gasteiger partial charge in [0.2, 0.25) is 0 Å². The van der Waals surface area contributed by atoms with Gasteiger partial charge >= 0.3 is 8.56 Å². The van der Waals surface area contributed by atoms with E-state index >= 15 is 0 Å². The second kappa shape index (κ2) is 8.49. The molecule has 23 heavy (non-hydrogen) atoms. The number of hydrogen-bond acceptors (Lipinski definition) is 2. The van der Waals surface area contributed by atoms with Gasteiger partial charge in [0, 0.05) is 24.3 Å². The minimum Gasteiger partial charge on any atom is -0.394 e. The fraction of sp³-hybridized carbons (Fsp3) is 1.00. The maximum Gasteiger partial charge on any atom is 0.344 e. The van der Waals surface area contributed by atoms with Crippen LogP contribution in [0.2, 0.25) is 11.1 Å². The molecule has 0 amide bonds. The Morgan fingerprint density at radius 2 is 1.48 bits per heavy atom. The van der Waals surface area contributed by atoms with Gasteiger partial charge < -0.3 is 8.85 Å². The summed E-state index contributed by atoms with van der Waals surface area (Å²) in [5.41, 5.74) is 1.87. The molecule has 0 saturated heterocycles. The van der Waals surface area contributed by atoms with Gasteiger partial charge in [0.05, 0.1) is 0 Å². The van der Waals surface area contributed by atoms with Gasteiger partial charge in [-0.25, -0.2) is 0 Å². The number of hydrogen-bond donors (Lipinski definition) is 0. The summed E-state index contributed by atoms with van der Waals surface area (Å²) in [6.45, 7) is 13.7. The van der Waals surface area contributed by atoms with E-state index in [1.807, 2.05) is 0 Å². The van der Waals surface area contributed by atoms with Crippen LogP contribution in [0.25, 0.3) is 0 Å². The van der Waals surface area contributed by atoms with E-state index in [9.17, 15) is 0 Å². The van der Waals surface area contributed by atoms with Crippen molar-refractivity contribution in [2.75, 3.05) is 13.2 Å². The van der Waals surface area contributed by atoms with E-state index in [0.717, 1.165) is 37.5 Å². The quantitative estimate of drug-likeness (QED) is 0.473. The lowest BCUT2D eigenvalue weighted by Crippen LogP contribution is -2.53. The highest BCUT2D eigenvalue weighted by Crippen LogP contribution is 2.58. The lowest BCUT2D eigenvalue weighted by atomic mass is 9.83. The molecule has 3 heteroatoms. The van der Waals surface area contributed by atoms with Crippen LogP contribution in [0.3, 0.4) is 0 Å². The maximum atomic E-state index is 6.78. The predicted molar refractivity (Wildman–Crippen MR) is 101 cm³/mol. The minimum absolute atomic E-state index is 0.447. The van der Waals surface area contributed by atoms with Crippen LogP contribution in [0.1, 0.15) is 92.4 Å². The average molecular weight is 341 g/mol. The van der Waals surface area contributed by atoms with Crippen molar-refractivity contribution in [2.24, 2.45) is 11.3 Å². The van der Waals surface area contributed by atoms with Crippen LogP contribution in [0.5, 0.6) is 0 Å². The van der Waals surface area contributed by atoms with Gasteiger partial charge in [0.1, 0.15) is 0 Å². The first kappa shape index (κ1) is 19.5. The highest BCUT2D eigenvalue weighted by Gasteiger charge is 2.58. The molecule has 2 unspecified atom stereocenters. The molecule has 0 radical (unpaired) electrons. The Kier molecular flexibility index (Phi) is 7.18. The van der Waals surface area contributed by atoms with Gasteiger partial charge in [-0.3, -0.25) is 0 Å². The fourth-order valence-electron chi connectivity index (χ4n) is 4.92. The summed E-state index contributed by atoms with van der Waals surface area (Å²) in [6, 6.07) is 0. The third kappa shape index (κ3) is 4.22. The summed E-state index contributed by atoms with van der Waals surface area (Å²) in [5.74, 6) is 0.727. The van der Waals surface area contributed by atoms with Gasteiger partial charge in [0.15, 0.2) is 0 Å². The molecule has 0 aliphatic heterocycles. The van der Waals surface area contributed by atoms with Gasteiger partial charge in [-0.1, -0.05) is 53.9 Å². The zero-order chi connectivity index (χ0) is 16.9. The van der Waals surface area contributed by atoms with E-state index < -0.39 is 8.56 Å². The molecule has 136 valence electrons. The first-order valence-corrected chi connectivity index (χ1v) is 12.2. The molecule has 2 saturated carbocycles. The van der Waals surface area contributed by atoms with E-state index in [0.29, 0.717) is 11.0 Å². The molecule has 2 fully saturated rings. The number of rotatable bonds is 8. The third-order valence-corrected chi connectivity index (χ3v) is 11.5. The van der Waals surface area contributed by atoms with E-state index in [1.54, 1.807) is 0 Å². The van der Waals surface area contributed by atoms with Crippen LogP contribution in [-0.2, 0) is 8.85 Å². The second-order valence-corrected chi connectivity index (χ2v) is 12.3. The molecule has 2 atom stereocenters. The summed E-state index contributed by atoms with van der Waals surface area (Å²) in [5, 5.41) is 0. The molecular formula is C20H40O2Si. The fourth-order valence-corrected chi connectivity index (χ4v) is 10.5.